The van der Waals surface area contributed by atoms with Crippen LogP contribution in [0, 0.1) is 5.92 Å². The van der Waals surface area contributed by atoms with Crippen LogP contribution in [0.3, 0.4) is 0 Å². The van der Waals surface area contributed by atoms with Crippen molar-refractivity contribution < 1.29 is 0 Å². The molecule has 1 aliphatic carbocycles. The monoisotopic (exact) mass is 246 g/mol. The first-order valence-electron chi connectivity index (χ1n) is 7.22. The highest BCUT2D eigenvalue weighted by atomic mass is 15.1. The molecule has 1 aromatic rings. The summed E-state index contributed by atoms with van der Waals surface area (Å²) < 4.78 is 0. The number of likely N-dealkylation sites (N-methyl/N-ethyl adjacent to an activating group) is 1. The Labute approximate surface area is 111 Å². The van der Waals surface area contributed by atoms with Gasteiger partial charge >= 0.3 is 0 Å². The van der Waals surface area contributed by atoms with E-state index in [0.717, 1.165) is 18.9 Å². The molecule has 0 amide bonds. The van der Waals surface area contributed by atoms with Gasteiger partial charge in [0, 0.05) is 19.1 Å². The number of hydrogen-bond acceptors (Lipinski definition) is 2. The maximum Gasteiger partial charge on any atom is 0.0424 e. The second kappa shape index (κ2) is 6.35. The van der Waals surface area contributed by atoms with Gasteiger partial charge in [-0.05, 0) is 43.4 Å². The average Bonchev–Trinajstić information content (AvgIpc) is 2.34. The van der Waals surface area contributed by atoms with Gasteiger partial charge in [0.25, 0.3) is 0 Å². The van der Waals surface area contributed by atoms with E-state index < -0.39 is 0 Å². The molecule has 2 N–H and O–H groups in total. The number of nitrogens with zero attached hydrogens (tertiary/aromatic N) is 1. The van der Waals surface area contributed by atoms with Crippen LogP contribution in [0.1, 0.15) is 43.4 Å². The minimum absolute atomic E-state index is 0.140. The Balaban J connectivity index is 1.83. The summed E-state index contributed by atoms with van der Waals surface area (Å²) in [5, 5.41) is 0. The van der Waals surface area contributed by atoms with Crippen LogP contribution in [0.2, 0.25) is 0 Å². The molecule has 2 nitrogen and oxygen atoms in total. The Kier molecular flexibility index (Phi) is 4.79. The normalized spacial score (nSPS) is 17.8. The van der Waals surface area contributed by atoms with Crippen LogP contribution >= 0.6 is 0 Å². The van der Waals surface area contributed by atoms with E-state index in [2.05, 4.69) is 43.1 Å². The highest BCUT2D eigenvalue weighted by Crippen LogP contribution is 2.27. The van der Waals surface area contributed by atoms with Gasteiger partial charge in [-0.2, -0.15) is 0 Å². The molecular weight excluding hydrogens is 220 g/mol. The van der Waals surface area contributed by atoms with E-state index in [4.69, 9.17) is 5.73 Å². The summed E-state index contributed by atoms with van der Waals surface area (Å²) in [4.78, 5) is 2.39. The second-order valence-corrected chi connectivity index (χ2v) is 5.72. The van der Waals surface area contributed by atoms with Crippen LogP contribution in [0.5, 0.6) is 0 Å². The lowest BCUT2D eigenvalue weighted by molar-refractivity contribution is 0.198. The molecule has 1 unspecified atom stereocenters. The summed E-state index contributed by atoms with van der Waals surface area (Å²) in [7, 11) is 2.19. The first-order valence-corrected chi connectivity index (χ1v) is 7.22. The third kappa shape index (κ3) is 3.56. The van der Waals surface area contributed by atoms with Crippen molar-refractivity contribution >= 4 is 0 Å². The Bertz CT molecular complexity index is 354. The predicted molar refractivity (Wildman–Crippen MR) is 77.6 cm³/mol. The molecule has 1 saturated carbocycles. The van der Waals surface area contributed by atoms with E-state index in [1.54, 1.807) is 0 Å². The standard InChI is InChI=1S/C16H26N2/c1-3-13-7-9-15(10-8-13)16(17)12-18(2)11-14-5-4-6-14/h7-10,14,16H,3-6,11-12,17H2,1-2H3. The first kappa shape index (κ1) is 13.6. The minimum atomic E-state index is 0.140. The summed E-state index contributed by atoms with van der Waals surface area (Å²) in [5.41, 5.74) is 8.92. The van der Waals surface area contributed by atoms with Gasteiger partial charge < -0.3 is 10.6 Å². The third-order valence-electron chi connectivity index (χ3n) is 4.12. The van der Waals surface area contributed by atoms with Gasteiger partial charge in [-0.15, -0.1) is 0 Å². The maximum absolute atomic E-state index is 6.28. The number of benzene rings is 1. The lowest BCUT2D eigenvalue weighted by Crippen LogP contribution is -2.34. The van der Waals surface area contributed by atoms with Crippen LogP contribution in [0.25, 0.3) is 0 Å². The van der Waals surface area contributed by atoms with Crippen molar-refractivity contribution in [3.8, 4) is 0 Å². The molecule has 1 aliphatic rings. The molecule has 0 aromatic heterocycles. The largest absolute Gasteiger partial charge is 0.323 e. The molecule has 2 heteroatoms. The van der Waals surface area contributed by atoms with E-state index in [0.29, 0.717) is 0 Å². The van der Waals surface area contributed by atoms with E-state index in [9.17, 15) is 0 Å². The van der Waals surface area contributed by atoms with Gasteiger partial charge in [-0.1, -0.05) is 37.6 Å². The Morgan fingerprint density at radius 1 is 1.28 bits per heavy atom. The second-order valence-electron chi connectivity index (χ2n) is 5.72. The third-order valence-corrected chi connectivity index (χ3v) is 4.12. The van der Waals surface area contributed by atoms with Crippen LogP contribution < -0.4 is 5.73 Å². The molecule has 18 heavy (non-hydrogen) atoms. The van der Waals surface area contributed by atoms with E-state index in [1.807, 2.05) is 0 Å². The molecule has 0 saturated heterocycles. The van der Waals surface area contributed by atoms with Crippen molar-refractivity contribution in [1.82, 2.24) is 4.90 Å². The van der Waals surface area contributed by atoms with Gasteiger partial charge in [0.15, 0.2) is 0 Å². The van der Waals surface area contributed by atoms with E-state index in [-0.39, 0.29) is 6.04 Å². The zero-order chi connectivity index (χ0) is 13.0. The summed E-state index contributed by atoms with van der Waals surface area (Å²) in [6.45, 7) is 4.35. The van der Waals surface area contributed by atoms with Crippen molar-refractivity contribution in [3.63, 3.8) is 0 Å². The van der Waals surface area contributed by atoms with E-state index >= 15 is 0 Å². The number of aryl methyl sites for hydroxylation is 1. The topological polar surface area (TPSA) is 29.3 Å². The van der Waals surface area contributed by atoms with Gasteiger partial charge in [0.05, 0.1) is 0 Å². The number of rotatable bonds is 6. The molecule has 100 valence electrons. The van der Waals surface area contributed by atoms with Crippen molar-refractivity contribution in [1.29, 1.82) is 0 Å². The van der Waals surface area contributed by atoms with Gasteiger partial charge in [0.2, 0.25) is 0 Å². The fourth-order valence-electron chi connectivity index (χ4n) is 2.63. The van der Waals surface area contributed by atoms with Gasteiger partial charge in [-0.25, -0.2) is 0 Å². The lowest BCUT2D eigenvalue weighted by Gasteiger charge is -2.31. The predicted octanol–water partition coefficient (Wildman–Crippen LogP) is 2.98. The molecular formula is C16H26N2. The summed E-state index contributed by atoms with van der Waals surface area (Å²) >= 11 is 0. The summed E-state index contributed by atoms with van der Waals surface area (Å²) in [6.07, 6.45) is 5.33. The lowest BCUT2D eigenvalue weighted by atomic mass is 9.85. The van der Waals surface area contributed by atoms with E-state index in [1.165, 1.54) is 36.9 Å². The zero-order valence-corrected chi connectivity index (χ0v) is 11.7. The van der Waals surface area contributed by atoms with Crippen molar-refractivity contribution in [2.45, 2.75) is 38.6 Å². The molecule has 1 aromatic carbocycles. The van der Waals surface area contributed by atoms with Crippen LogP contribution in [-0.2, 0) is 6.42 Å². The molecule has 1 fully saturated rings. The highest BCUT2D eigenvalue weighted by Gasteiger charge is 2.20. The fourth-order valence-corrected chi connectivity index (χ4v) is 2.63. The Hall–Kier alpha value is -0.860. The summed E-state index contributed by atoms with van der Waals surface area (Å²) in [5.74, 6) is 0.921. The number of nitrogens with two attached hydrogens (primary N) is 1. The van der Waals surface area contributed by atoms with Crippen LogP contribution in [-0.4, -0.2) is 25.0 Å². The van der Waals surface area contributed by atoms with Crippen molar-refractivity contribution in [2.24, 2.45) is 11.7 Å². The first-order chi connectivity index (χ1) is 8.69. The van der Waals surface area contributed by atoms with Gasteiger partial charge in [-0.3, -0.25) is 0 Å². The zero-order valence-electron chi connectivity index (χ0n) is 11.7. The number of hydrogen-bond donors (Lipinski definition) is 1. The quantitative estimate of drug-likeness (QED) is 0.836. The SMILES string of the molecule is CCc1ccc(C(N)CN(C)CC2CCC2)cc1. The molecule has 0 spiro atoms. The smallest absolute Gasteiger partial charge is 0.0424 e. The molecule has 1 atom stereocenters. The minimum Gasteiger partial charge on any atom is -0.323 e. The van der Waals surface area contributed by atoms with Crippen molar-refractivity contribution in [3.05, 3.63) is 35.4 Å². The maximum atomic E-state index is 6.28. The fraction of sp³-hybridized carbons (Fsp3) is 0.625. The Morgan fingerprint density at radius 3 is 2.44 bits per heavy atom. The molecule has 0 bridgehead atoms. The molecule has 0 aliphatic heterocycles. The highest BCUT2D eigenvalue weighted by molar-refractivity contribution is 5.25. The summed E-state index contributed by atoms with van der Waals surface area (Å²) in [6, 6.07) is 8.89. The van der Waals surface area contributed by atoms with Crippen molar-refractivity contribution in [2.75, 3.05) is 20.1 Å². The molecule has 0 heterocycles. The Morgan fingerprint density at radius 2 is 1.94 bits per heavy atom. The molecule has 2 rings (SSSR count). The van der Waals surface area contributed by atoms with Gasteiger partial charge in [0.1, 0.15) is 0 Å². The average molecular weight is 246 g/mol. The van der Waals surface area contributed by atoms with Crippen LogP contribution in [0.15, 0.2) is 24.3 Å². The van der Waals surface area contributed by atoms with Crippen LogP contribution in [0.4, 0.5) is 0 Å². The molecule has 0 radical (unpaired) electrons.